The number of methoxy groups -OCH3 is 3. The van der Waals surface area contributed by atoms with Crippen LogP contribution >= 0.6 is 0 Å². The van der Waals surface area contributed by atoms with E-state index in [0.717, 1.165) is 0 Å². The zero-order chi connectivity index (χ0) is 13.4. The van der Waals surface area contributed by atoms with E-state index in [4.69, 9.17) is 18.9 Å². The molecule has 0 saturated carbocycles. The second-order valence-electron chi connectivity index (χ2n) is 3.74. The zero-order valence-corrected chi connectivity index (χ0v) is 11.0. The van der Waals surface area contributed by atoms with Gasteiger partial charge in [0.05, 0.1) is 12.7 Å². The molecule has 6 heteroatoms. The number of rotatable bonds is 8. The van der Waals surface area contributed by atoms with Gasteiger partial charge in [-0.25, -0.2) is 0 Å². The van der Waals surface area contributed by atoms with Crippen molar-refractivity contribution in [2.24, 2.45) is 0 Å². The Bertz CT molecular complexity index is 220. The summed E-state index contributed by atoms with van der Waals surface area (Å²) in [7, 11) is 4.44. The van der Waals surface area contributed by atoms with Gasteiger partial charge in [-0.15, -0.1) is 0 Å². The van der Waals surface area contributed by atoms with Crippen molar-refractivity contribution in [3.63, 3.8) is 0 Å². The Hall–Kier alpha value is -0.690. The molecule has 0 aromatic heterocycles. The van der Waals surface area contributed by atoms with Crippen LogP contribution in [0.1, 0.15) is 13.8 Å². The average Bonchev–Trinajstić information content (AvgIpc) is 2.28. The van der Waals surface area contributed by atoms with Crippen molar-refractivity contribution in [3.8, 4) is 0 Å². The van der Waals surface area contributed by atoms with E-state index in [1.165, 1.54) is 28.3 Å². The quantitative estimate of drug-likeness (QED) is 0.610. The third kappa shape index (κ3) is 5.45. The maximum Gasteiger partial charge on any atom is 0.303 e. The van der Waals surface area contributed by atoms with Crippen molar-refractivity contribution in [2.45, 2.75) is 38.3 Å². The van der Waals surface area contributed by atoms with Gasteiger partial charge in [-0.2, -0.15) is 0 Å². The summed E-state index contributed by atoms with van der Waals surface area (Å²) in [5.74, 6) is -0.490. The number of esters is 1. The van der Waals surface area contributed by atoms with Gasteiger partial charge in [0.25, 0.3) is 0 Å². The van der Waals surface area contributed by atoms with Gasteiger partial charge in [-0.3, -0.25) is 4.79 Å². The standard InChI is InChI=1S/C11H22O6/c1-7(15-4)10(16-5)11(17-8(2)12)9(13)6-14-3/h7,9-11,13H,6H2,1-5H3. The highest BCUT2D eigenvalue weighted by Crippen LogP contribution is 2.15. The van der Waals surface area contributed by atoms with Gasteiger partial charge in [0.2, 0.25) is 0 Å². The van der Waals surface area contributed by atoms with Crippen LogP contribution in [0.2, 0.25) is 0 Å². The molecule has 0 bridgehead atoms. The minimum atomic E-state index is -0.966. The smallest absolute Gasteiger partial charge is 0.303 e. The molecule has 0 rings (SSSR count). The van der Waals surface area contributed by atoms with Crippen molar-refractivity contribution in [1.82, 2.24) is 0 Å². The average molecular weight is 250 g/mol. The third-order valence-electron chi connectivity index (χ3n) is 2.45. The van der Waals surface area contributed by atoms with E-state index in [1.807, 2.05) is 0 Å². The monoisotopic (exact) mass is 250 g/mol. The van der Waals surface area contributed by atoms with Crippen molar-refractivity contribution >= 4 is 5.97 Å². The lowest BCUT2D eigenvalue weighted by atomic mass is 10.0. The first-order chi connectivity index (χ1) is 7.97. The molecule has 17 heavy (non-hydrogen) atoms. The van der Waals surface area contributed by atoms with Crippen LogP contribution in [0.15, 0.2) is 0 Å². The van der Waals surface area contributed by atoms with Crippen LogP contribution in [0.4, 0.5) is 0 Å². The highest BCUT2D eigenvalue weighted by molar-refractivity contribution is 5.66. The van der Waals surface area contributed by atoms with Crippen molar-refractivity contribution < 1.29 is 28.8 Å². The molecule has 102 valence electrons. The van der Waals surface area contributed by atoms with Gasteiger partial charge in [0.1, 0.15) is 12.2 Å². The summed E-state index contributed by atoms with van der Waals surface area (Å²) in [6.07, 6.45) is -2.68. The van der Waals surface area contributed by atoms with Gasteiger partial charge >= 0.3 is 5.97 Å². The molecule has 4 atom stereocenters. The third-order valence-corrected chi connectivity index (χ3v) is 2.45. The van der Waals surface area contributed by atoms with Gasteiger partial charge in [0, 0.05) is 28.3 Å². The lowest BCUT2D eigenvalue weighted by molar-refractivity contribution is -0.178. The number of hydrogen-bond donors (Lipinski definition) is 1. The Kier molecular flexibility index (Phi) is 8.07. The summed E-state index contributed by atoms with van der Waals surface area (Å²) in [5, 5.41) is 9.87. The summed E-state index contributed by atoms with van der Waals surface area (Å²) < 4.78 is 20.2. The maximum absolute atomic E-state index is 11.0. The van der Waals surface area contributed by atoms with Gasteiger partial charge in [-0.05, 0) is 6.92 Å². The predicted molar refractivity (Wildman–Crippen MR) is 60.7 cm³/mol. The van der Waals surface area contributed by atoms with Crippen LogP contribution in [0.3, 0.4) is 0 Å². The zero-order valence-electron chi connectivity index (χ0n) is 11.0. The molecular weight excluding hydrogens is 228 g/mol. The SMILES string of the molecule is COCC(O)C(OC(C)=O)C(OC)C(C)OC. The summed E-state index contributed by atoms with van der Waals surface area (Å²) in [4.78, 5) is 11.0. The molecule has 0 spiro atoms. The first-order valence-corrected chi connectivity index (χ1v) is 5.37. The van der Waals surface area contributed by atoms with E-state index in [9.17, 15) is 9.90 Å². The van der Waals surface area contributed by atoms with Crippen LogP contribution in [-0.4, -0.2) is 63.4 Å². The number of aliphatic hydroxyl groups excluding tert-OH is 1. The molecule has 0 saturated heterocycles. The van der Waals surface area contributed by atoms with Crippen LogP contribution in [0.5, 0.6) is 0 Å². The summed E-state index contributed by atoms with van der Waals surface area (Å²) in [6, 6.07) is 0. The molecule has 6 nitrogen and oxygen atoms in total. The summed E-state index contributed by atoms with van der Waals surface area (Å²) in [5.41, 5.74) is 0. The molecule has 1 N–H and O–H groups in total. The van der Waals surface area contributed by atoms with E-state index in [1.54, 1.807) is 6.92 Å². The number of aliphatic hydroxyl groups is 1. The Balaban J connectivity index is 4.78. The second kappa shape index (κ2) is 8.41. The number of ether oxygens (including phenoxy) is 4. The fourth-order valence-corrected chi connectivity index (χ4v) is 1.55. The van der Waals surface area contributed by atoms with Gasteiger partial charge in [-0.1, -0.05) is 0 Å². The summed E-state index contributed by atoms with van der Waals surface area (Å²) >= 11 is 0. The van der Waals surface area contributed by atoms with Crippen molar-refractivity contribution in [3.05, 3.63) is 0 Å². The fourth-order valence-electron chi connectivity index (χ4n) is 1.55. The van der Waals surface area contributed by atoms with E-state index in [-0.39, 0.29) is 12.7 Å². The normalized spacial score (nSPS) is 18.2. The Morgan fingerprint density at radius 3 is 2.12 bits per heavy atom. The fraction of sp³-hybridized carbons (Fsp3) is 0.909. The van der Waals surface area contributed by atoms with Crippen LogP contribution in [0, 0.1) is 0 Å². The molecule has 0 radical (unpaired) electrons. The van der Waals surface area contributed by atoms with E-state index < -0.39 is 24.3 Å². The predicted octanol–water partition coefficient (Wildman–Crippen LogP) is -0.0247. The molecule has 0 aliphatic heterocycles. The van der Waals surface area contributed by atoms with Gasteiger partial charge < -0.3 is 24.1 Å². The highest BCUT2D eigenvalue weighted by Gasteiger charge is 2.35. The van der Waals surface area contributed by atoms with Crippen LogP contribution in [-0.2, 0) is 23.7 Å². The molecule has 0 aromatic carbocycles. The van der Waals surface area contributed by atoms with E-state index in [0.29, 0.717) is 0 Å². The Morgan fingerprint density at radius 1 is 1.18 bits per heavy atom. The lowest BCUT2D eigenvalue weighted by Gasteiger charge is -2.32. The number of carbonyl (C=O) groups excluding carboxylic acids is 1. The highest BCUT2D eigenvalue weighted by atomic mass is 16.6. The summed E-state index contributed by atoms with van der Waals surface area (Å²) in [6.45, 7) is 3.09. The van der Waals surface area contributed by atoms with Crippen molar-refractivity contribution in [2.75, 3.05) is 27.9 Å². The Labute approximate surface area is 102 Å². The first kappa shape index (κ1) is 16.3. The Morgan fingerprint density at radius 2 is 1.76 bits per heavy atom. The molecule has 0 heterocycles. The van der Waals surface area contributed by atoms with Crippen LogP contribution in [0.25, 0.3) is 0 Å². The van der Waals surface area contributed by atoms with Crippen molar-refractivity contribution in [1.29, 1.82) is 0 Å². The first-order valence-electron chi connectivity index (χ1n) is 5.37. The topological polar surface area (TPSA) is 74.2 Å². The van der Waals surface area contributed by atoms with Gasteiger partial charge in [0.15, 0.2) is 6.10 Å². The minimum Gasteiger partial charge on any atom is -0.457 e. The van der Waals surface area contributed by atoms with E-state index >= 15 is 0 Å². The maximum atomic E-state index is 11.0. The number of carbonyl (C=O) groups is 1. The molecular formula is C11H22O6. The molecule has 0 aliphatic rings. The molecule has 0 amide bonds. The van der Waals surface area contributed by atoms with E-state index in [2.05, 4.69) is 0 Å². The van der Waals surface area contributed by atoms with Crippen LogP contribution < -0.4 is 0 Å². The largest absolute Gasteiger partial charge is 0.457 e. The molecule has 0 aliphatic carbocycles. The molecule has 0 aromatic rings. The molecule has 0 fully saturated rings. The molecule has 4 unspecified atom stereocenters. The second-order valence-corrected chi connectivity index (χ2v) is 3.74. The lowest BCUT2D eigenvalue weighted by Crippen LogP contribution is -2.49. The number of hydrogen-bond acceptors (Lipinski definition) is 6. The minimum absolute atomic E-state index is 0.0498.